The third-order valence-corrected chi connectivity index (χ3v) is 5.16. The molecule has 3 nitrogen and oxygen atoms in total. The van der Waals surface area contributed by atoms with Crippen molar-refractivity contribution in [2.45, 2.75) is 0 Å². The Kier molecular flexibility index (Phi) is 4.04. The van der Waals surface area contributed by atoms with Gasteiger partial charge in [0.15, 0.2) is 5.75 Å². The summed E-state index contributed by atoms with van der Waals surface area (Å²) in [5, 5.41) is 10.5. The van der Waals surface area contributed by atoms with E-state index in [0.29, 0.717) is 5.75 Å². The number of hydrogen-bond donors (Lipinski definition) is 1. The Labute approximate surface area is 149 Å². The Hall–Kier alpha value is -2.98. The van der Waals surface area contributed by atoms with Crippen LogP contribution in [0.15, 0.2) is 72.8 Å². The zero-order chi connectivity index (χ0) is 17.2. The highest BCUT2D eigenvalue weighted by Crippen LogP contribution is 2.46. The molecule has 124 valence electrons. The fourth-order valence-corrected chi connectivity index (χ4v) is 3.82. The van der Waals surface area contributed by atoms with Crippen LogP contribution in [0, 0.1) is 0 Å². The molecule has 0 radical (unpaired) electrons. The maximum atomic E-state index is 9.47. The molecule has 1 heterocycles. The molecule has 0 atom stereocenters. The Morgan fingerprint density at radius 3 is 2.20 bits per heavy atom. The number of phenolic OH excluding ortho intramolecular Hbond substituents is 1. The molecule has 0 aliphatic heterocycles. The van der Waals surface area contributed by atoms with Crippen LogP contribution in [0.3, 0.4) is 0 Å². The zero-order valence-corrected chi connectivity index (χ0v) is 14.4. The van der Waals surface area contributed by atoms with Crippen LogP contribution < -0.4 is 9.47 Å². The Morgan fingerprint density at radius 2 is 1.48 bits per heavy atom. The van der Waals surface area contributed by atoms with E-state index >= 15 is 0 Å². The van der Waals surface area contributed by atoms with Crippen molar-refractivity contribution in [1.82, 2.24) is 0 Å². The fourth-order valence-electron chi connectivity index (χ4n) is 2.69. The van der Waals surface area contributed by atoms with Gasteiger partial charge in [-0.3, -0.25) is 0 Å². The van der Waals surface area contributed by atoms with E-state index in [9.17, 15) is 5.11 Å². The average Bonchev–Trinajstić information content (AvgIpc) is 3.02. The van der Waals surface area contributed by atoms with Gasteiger partial charge in [0, 0.05) is 10.1 Å². The fraction of sp³-hybridized carbons (Fsp3) is 0.0476. The molecule has 1 aromatic heterocycles. The van der Waals surface area contributed by atoms with E-state index in [2.05, 4.69) is 12.1 Å². The number of ether oxygens (including phenoxy) is 2. The molecule has 0 bridgehead atoms. The minimum atomic E-state index is 0.220. The smallest absolute Gasteiger partial charge is 0.153 e. The van der Waals surface area contributed by atoms with Gasteiger partial charge in [-0.1, -0.05) is 12.1 Å². The number of fused-ring (bicyclic) bond motifs is 1. The second-order valence-electron chi connectivity index (χ2n) is 5.58. The summed E-state index contributed by atoms with van der Waals surface area (Å²) in [6.07, 6.45) is 0. The number of hydrogen-bond acceptors (Lipinski definition) is 4. The number of thiophene rings is 1. The molecule has 0 aliphatic rings. The van der Waals surface area contributed by atoms with E-state index in [1.807, 2.05) is 36.4 Å². The topological polar surface area (TPSA) is 38.7 Å². The summed E-state index contributed by atoms with van der Waals surface area (Å²) in [5.41, 5.74) is 1.08. The summed E-state index contributed by atoms with van der Waals surface area (Å²) in [7, 11) is 1.66. The molecule has 0 aliphatic carbocycles. The molecular formula is C21H16O3S. The molecule has 3 aromatic carbocycles. The van der Waals surface area contributed by atoms with E-state index < -0.39 is 0 Å². The molecule has 25 heavy (non-hydrogen) atoms. The van der Waals surface area contributed by atoms with Crippen molar-refractivity contribution in [3.05, 3.63) is 72.8 Å². The van der Waals surface area contributed by atoms with Gasteiger partial charge in [-0.15, -0.1) is 11.3 Å². The van der Waals surface area contributed by atoms with Gasteiger partial charge in [0.05, 0.1) is 12.0 Å². The standard InChI is InChI=1S/C21H16O3S/c1-23-16-10-6-14(7-11-16)21-20(18-4-2-3-5-19(18)25-21)24-17-12-8-15(22)9-13-17/h2-13,22H,1H3. The lowest BCUT2D eigenvalue weighted by Crippen LogP contribution is -1.86. The molecule has 0 amide bonds. The van der Waals surface area contributed by atoms with Crippen molar-refractivity contribution in [1.29, 1.82) is 0 Å². The van der Waals surface area contributed by atoms with E-state index in [0.717, 1.165) is 27.3 Å². The van der Waals surface area contributed by atoms with Gasteiger partial charge in [0.2, 0.25) is 0 Å². The van der Waals surface area contributed by atoms with Crippen LogP contribution in [0.25, 0.3) is 20.5 Å². The summed E-state index contributed by atoms with van der Waals surface area (Å²) in [5.74, 6) is 2.57. The number of methoxy groups -OCH3 is 1. The zero-order valence-electron chi connectivity index (χ0n) is 13.6. The van der Waals surface area contributed by atoms with Crippen molar-refractivity contribution in [3.8, 4) is 33.4 Å². The number of benzene rings is 3. The molecule has 0 unspecified atom stereocenters. The second-order valence-corrected chi connectivity index (χ2v) is 6.63. The number of phenols is 1. The predicted octanol–water partition coefficient (Wildman–Crippen LogP) is 6.07. The normalized spacial score (nSPS) is 10.8. The summed E-state index contributed by atoms with van der Waals surface area (Å²) in [4.78, 5) is 1.07. The highest BCUT2D eigenvalue weighted by atomic mass is 32.1. The lowest BCUT2D eigenvalue weighted by molar-refractivity contribution is 0.415. The first kappa shape index (κ1) is 15.5. The summed E-state index contributed by atoms with van der Waals surface area (Å²) < 4.78 is 12.6. The maximum Gasteiger partial charge on any atom is 0.153 e. The number of aromatic hydroxyl groups is 1. The van der Waals surface area contributed by atoms with Crippen molar-refractivity contribution in [2.24, 2.45) is 0 Å². The minimum absolute atomic E-state index is 0.220. The van der Waals surface area contributed by atoms with Gasteiger partial charge < -0.3 is 14.6 Å². The molecule has 1 N–H and O–H groups in total. The lowest BCUT2D eigenvalue weighted by atomic mass is 10.1. The van der Waals surface area contributed by atoms with Crippen LogP contribution in [0.2, 0.25) is 0 Å². The SMILES string of the molecule is COc1ccc(-c2sc3ccccc3c2Oc2ccc(O)cc2)cc1. The van der Waals surface area contributed by atoms with Gasteiger partial charge in [-0.2, -0.15) is 0 Å². The molecule has 4 heteroatoms. The maximum absolute atomic E-state index is 9.47. The van der Waals surface area contributed by atoms with Gasteiger partial charge >= 0.3 is 0 Å². The summed E-state index contributed by atoms with van der Waals surface area (Å²) in [6.45, 7) is 0. The first-order valence-corrected chi connectivity index (χ1v) is 8.69. The summed E-state index contributed by atoms with van der Waals surface area (Å²) >= 11 is 1.70. The van der Waals surface area contributed by atoms with Crippen LogP contribution in [0.4, 0.5) is 0 Å². The van der Waals surface area contributed by atoms with Gasteiger partial charge in [0.1, 0.15) is 17.2 Å². The molecule has 0 fully saturated rings. The molecule has 0 saturated heterocycles. The first-order valence-electron chi connectivity index (χ1n) is 7.87. The molecule has 0 spiro atoms. The van der Waals surface area contributed by atoms with Crippen LogP contribution in [-0.4, -0.2) is 12.2 Å². The largest absolute Gasteiger partial charge is 0.508 e. The Morgan fingerprint density at radius 1 is 0.800 bits per heavy atom. The van der Waals surface area contributed by atoms with Crippen LogP contribution in [0.5, 0.6) is 23.0 Å². The van der Waals surface area contributed by atoms with Gasteiger partial charge in [0.25, 0.3) is 0 Å². The van der Waals surface area contributed by atoms with Crippen LogP contribution >= 0.6 is 11.3 Å². The third-order valence-electron chi connectivity index (χ3n) is 3.96. The minimum Gasteiger partial charge on any atom is -0.508 e. The molecular weight excluding hydrogens is 332 g/mol. The average molecular weight is 348 g/mol. The summed E-state index contributed by atoms with van der Waals surface area (Å²) in [6, 6.07) is 22.9. The van der Waals surface area contributed by atoms with Crippen molar-refractivity contribution >= 4 is 21.4 Å². The van der Waals surface area contributed by atoms with E-state index in [-0.39, 0.29) is 5.75 Å². The monoisotopic (exact) mass is 348 g/mol. The molecule has 0 saturated carbocycles. The quantitative estimate of drug-likeness (QED) is 0.486. The van der Waals surface area contributed by atoms with Crippen LogP contribution in [0.1, 0.15) is 0 Å². The van der Waals surface area contributed by atoms with E-state index in [4.69, 9.17) is 9.47 Å². The Bertz CT molecular complexity index is 1000. The molecule has 4 aromatic rings. The first-order chi connectivity index (χ1) is 12.2. The van der Waals surface area contributed by atoms with Crippen molar-refractivity contribution in [2.75, 3.05) is 7.11 Å². The lowest BCUT2D eigenvalue weighted by Gasteiger charge is -2.09. The Balaban J connectivity index is 1.83. The van der Waals surface area contributed by atoms with Gasteiger partial charge in [-0.05, 0) is 66.2 Å². The number of rotatable bonds is 4. The second kappa shape index (κ2) is 6.49. The third kappa shape index (κ3) is 3.04. The van der Waals surface area contributed by atoms with Crippen molar-refractivity contribution in [3.63, 3.8) is 0 Å². The highest BCUT2D eigenvalue weighted by molar-refractivity contribution is 7.22. The molecule has 4 rings (SSSR count). The predicted molar refractivity (Wildman–Crippen MR) is 102 cm³/mol. The van der Waals surface area contributed by atoms with Crippen LogP contribution in [-0.2, 0) is 0 Å². The van der Waals surface area contributed by atoms with E-state index in [1.54, 1.807) is 42.7 Å². The van der Waals surface area contributed by atoms with Gasteiger partial charge in [-0.25, -0.2) is 0 Å². The van der Waals surface area contributed by atoms with Crippen molar-refractivity contribution < 1.29 is 14.6 Å². The van der Waals surface area contributed by atoms with E-state index in [1.165, 1.54) is 4.70 Å². The highest BCUT2D eigenvalue weighted by Gasteiger charge is 2.16.